The van der Waals surface area contributed by atoms with Crippen molar-refractivity contribution in [3.63, 3.8) is 0 Å². The van der Waals surface area contributed by atoms with E-state index in [1.165, 1.54) is 17.8 Å². The van der Waals surface area contributed by atoms with Gasteiger partial charge in [-0.25, -0.2) is 8.42 Å². The molecule has 1 aliphatic rings. The van der Waals surface area contributed by atoms with E-state index in [1.54, 1.807) is 42.5 Å². The van der Waals surface area contributed by atoms with Gasteiger partial charge in [-0.3, -0.25) is 4.79 Å². The lowest BCUT2D eigenvalue weighted by molar-refractivity contribution is -0.112. The van der Waals surface area contributed by atoms with Gasteiger partial charge in [0.05, 0.1) is 21.2 Å². The lowest BCUT2D eigenvalue weighted by Gasteiger charge is -2.19. The molecule has 0 atom stereocenters. The highest BCUT2D eigenvalue weighted by Crippen LogP contribution is 2.40. The highest BCUT2D eigenvalue weighted by molar-refractivity contribution is 9.11. The zero-order chi connectivity index (χ0) is 22.2. The number of anilines is 2. The Hall–Kier alpha value is -2.07. The topological polar surface area (TPSA) is 89.3 Å². The van der Waals surface area contributed by atoms with Crippen LogP contribution in [-0.4, -0.2) is 14.3 Å². The van der Waals surface area contributed by atoms with Crippen LogP contribution in [0.1, 0.15) is 11.1 Å². The quantitative estimate of drug-likeness (QED) is 0.299. The molecular weight excluding hydrogens is 564 g/mol. The van der Waals surface area contributed by atoms with Crippen LogP contribution in [0.2, 0.25) is 0 Å². The number of carbonyl (C=O) groups excluding carboxylic acids is 1. The molecule has 1 heterocycles. The molecule has 0 saturated heterocycles. The van der Waals surface area contributed by atoms with Crippen molar-refractivity contribution in [3.8, 4) is 0 Å². The number of nitrogen functional groups attached to an aromatic ring is 1. The van der Waals surface area contributed by atoms with Gasteiger partial charge in [-0.1, -0.05) is 61.8 Å². The average molecular weight is 580 g/mol. The van der Waals surface area contributed by atoms with E-state index < -0.39 is 9.84 Å². The number of carbonyl (C=O) groups is 1. The summed E-state index contributed by atoms with van der Waals surface area (Å²) in [6, 6.07) is 17.4. The predicted octanol–water partition coefficient (Wildman–Crippen LogP) is 5.85. The minimum absolute atomic E-state index is 0.153. The molecule has 3 N–H and O–H groups in total. The second kappa shape index (κ2) is 8.82. The lowest BCUT2D eigenvalue weighted by Crippen LogP contribution is -2.18. The number of sulfone groups is 1. The average Bonchev–Trinajstić information content (AvgIpc) is 2.72. The summed E-state index contributed by atoms with van der Waals surface area (Å²) in [7, 11) is -3.62. The second-order valence-electron chi connectivity index (χ2n) is 6.85. The van der Waals surface area contributed by atoms with Crippen molar-refractivity contribution < 1.29 is 13.2 Å². The second-order valence-corrected chi connectivity index (χ2v) is 11.6. The number of halogens is 2. The van der Waals surface area contributed by atoms with Crippen LogP contribution in [0, 0.1) is 0 Å². The van der Waals surface area contributed by atoms with E-state index in [0.29, 0.717) is 30.8 Å². The summed E-state index contributed by atoms with van der Waals surface area (Å²) in [6.45, 7) is 0. The fourth-order valence-corrected chi connectivity index (χ4v) is 7.03. The van der Waals surface area contributed by atoms with Gasteiger partial charge < -0.3 is 11.1 Å². The number of rotatable bonds is 4. The number of nitrogens with two attached hydrogens (primary N) is 1. The molecule has 1 amide bonds. The number of nitrogens with one attached hydrogen (secondary N) is 1. The largest absolute Gasteiger partial charge is 0.399 e. The van der Waals surface area contributed by atoms with E-state index in [1.807, 2.05) is 18.2 Å². The molecule has 0 saturated carbocycles. The van der Waals surface area contributed by atoms with Crippen molar-refractivity contribution >= 4 is 76.8 Å². The minimum Gasteiger partial charge on any atom is -0.399 e. The van der Waals surface area contributed by atoms with Crippen molar-refractivity contribution in [3.05, 3.63) is 85.6 Å². The van der Waals surface area contributed by atoms with Crippen molar-refractivity contribution in [1.29, 1.82) is 0 Å². The zero-order valence-electron chi connectivity index (χ0n) is 15.9. The standard InChI is InChI=1S/C22H16Br2N2O3S2/c23-17-2-1-3-18(24)16(17)12-31(28,29)15-8-9-20-19(11-15)26-22(27)21(30-20)10-13-4-6-14(25)7-5-13/h1-11H,12,25H2,(H,26,27). The first kappa shape index (κ1) is 22.1. The maximum absolute atomic E-state index is 13.0. The Morgan fingerprint density at radius 1 is 1.00 bits per heavy atom. The number of benzene rings is 3. The first-order chi connectivity index (χ1) is 14.7. The summed E-state index contributed by atoms with van der Waals surface area (Å²) in [5.74, 6) is -0.450. The maximum atomic E-state index is 13.0. The first-order valence-electron chi connectivity index (χ1n) is 9.09. The maximum Gasteiger partial charge on any atom is 0.262 e. The number of thioether (sulfide) groups is 1. The minimum atomic E-state index is -3.62. The molecule has 5 nitrogen and oxygen atoms in total. The van der Waals surface area contributed by atoms with Gasteiger partial charge >= 0.3 is 0 Å². The Balaban J connectivity index is 1.62. The van der Waals surface area contributed by atoms with Crippen molar-refractivity contribution in [2.75, 3.05) is 11.1 Å². The Bertz CT molecular complexity index is 1300. The van der Waals surface area contributed by atoms with Crippen LogP contribution in [0.4, 0.5) is 11.4 Å². The van der Waals surface area contributed by atoms with Crippen molar-refractivity contribution in [2.45, 2.75) is 15.5 Å². The van der Waals surface area contributed by atoms with Gasteiger partial charge in [0, 0.05) is 19.5 Å². The van der Waals surface area contributed by atoms with Crippen LogP contribution in [-0.2, 0) is 20.4 Å². The number of fused-ring (bicyclic) bond motifs is 1. The van der Waals surface area contributed by atoms with Crippen LogP contribution < -0.4 is 11.1 Å². The molecule has 3 aromatic rings. The molecule has 0 aromatic heterocycles. The predicted molar refractivity (Wildman–Crippen MR) is 132 cm³/mol. The van der Waals surface area contributed by atoms with E-state index in [2.05, 4.69) is 37.2 Å². The molecule has 3 aromatic carbocycles. The molecule has 31 heavy (non-hydrogen) atoms. The molecule has 1 aliphatic heterocycles. The fraction of sp³-hybridized carbons (Fsp3) is 0.0455. The van der Waals surface area contributed by atoms with Crippen LogP contribution in [0.5, 0.6) is 0 Å². The summed E-state index contributed by atoms with van der Waals surface area (Å²) in [6.07, 6.45) is 1.78. The summed E-state index contributed by atoms with van der Waals surface area (Å²) >= 11 is 8.12. The Morgan fingerprint density at radius 2 is 1.68 bits per heavy atom. The van der Waals surface area contributed by atoms with Crippen LogP contribution in [0.3, 0.4) is 0 Å². The molecule has 0 spiro atoms. The number of amides is 1. The lowest BCUT2D eigenvalue weighted by atomic mass is 10.2. The first-order valence-corrected chi connectivity index (χ1v) is 13.1. The third kappa shape index (κ3) is 4.90. The van der Waals surface area contributed by atoms with E-state index in [-0.39, 0.29) is 16.6 Å². The zero-order valence-corrected chi connectivity index (χ0v) is 20.7. The normalized spacial score (nSPS) is 14.9. The SMILES string of the molecule is Nc1ccc(C=C2Sc3ccc(S(=O)(=O)Cc4c(Br)cccc4Br)cc3NC2=O)cc1. The van der Waals surface area contributed by atoms with E-state index in [4.69, 9.17) is 5.73 Å². The van der Waals surface area contributed by atoms with Gasteiger partial charge in [0.25, 0.3) is 5.91 Å². The molecule has 0 aliphatic carbocycles. The third-order valence-corrected chi connectivity index (χ3v) is 8.86. The van der Waals surface area contributed by atoms with E-state index in [0.717, 1.165) is 10.5 Å². The van der Waals surface area contributed by atoms with Crippen LogP contribution in [0.25, 0.3) is 6.08 Å². The molecule has 9 heteroatoms. The molecular formula is C22H16Br2N2O3S2. The highest BCUT2D eigenvalue weighted by Gasteiger charge is 2.25. The van der Waals surface area contributed by atoms with E-state index >= 15 is 0 Å². The van der Waals surface area contributed by atoms with Crippen LogP contribution in [0.15, 0.2) is 84.3 Å². The summed E-state index contributed by atoms with van der Waals surface area (Å²) in [5.41, 5.74) is 8.34. The van der Waals surface area contributed by atoms with Gasteiger partial charge in [0.15, 0.2) is 9.84 Å². The molecule has 0 unspecified atom stereocenters. The van der Waals surface area contributed by atoms with Gasteiger partial charge in [0.1, 0.15) is 0 Å². The number of hydrogen-bond acceptors (Lipinski definition) is 5. The summed E-state index contributed by atoms with van der Waals surface area (Å²) in [5, 5.41) is 2.81. The van der Waals surface area contributed by atoms with Crippen molar-refractivity contribution in [2.24, 2.45) is 0 Å². The number of hydrogen-bond donors (Lipinski definition) is 2. The Morgan fingerprint density at radius 3 is 2.35 bits per heavy atom. The molecule has 0 bridgehead atoms. The Kier molecular flexibility index (Phi) is 6.30. The molecule has 158 valence electrons. The van der Waals surface area contributed by atoms with Crippen molar-refractivity contribution in [1.82, 2.24) is 0 Å². The molecule has 0 radical (unpaired) electrons. The molecule has 0 fully saturated rings. The Labute approximate surface area is 201 Å². The monoisotopic (exact) mass is 578 g/mol. The van der Waals surface area contributed by atoms with E-state index in [9.17, 15) is 13.2 Å². The highest BCUT2D eigenvalue weighted by atomic mass is 79.9. The van der Waals surface area contributed by atoms with Gasteiger partial charge in [-0.15, -0.1) is 0 Å². The smallest absolute Gasteiger partial charge is 0.262 e. The molecule has 4 rings (SSSR count). The van der Waals surface area contributed by atoms with Gasteiger partial charge in [-0.05, 0) is 59.7 Å². The van der Waals surface area contributed by atoms with Gasteiger partial charge in [-0.2, -0.15) is 0 Å². The third-order valence-electron chi connectivity index (χ3n) is 4.63. The fourth-order valence-electron chi connectivity index (χ4n) is 3.02. The van der Waals surface area contributed by atoms with Gasteiger partial charge in [0.2, 0.25) is 0 Å². The van der Waals surface area contributed by atoms with Crippen LogP contribution >= 0.6 is 43.6 Å². The summed E-state index contributed by atoms with van der Waals surface area (Å²) < 4.78 is 27.5. The summed E-state index contributed by atoms with van der Waals surface area (Å²) in [4.78, 5) is 14.0.